The summed E-state index contributed by atoms with van der Waals surface area (Å²) in [6.45, 7) is -0.310. The van der Waals surface area contributed by atoms with E-state index in [1.807, 2.05) is 42.5 Å². The standard InChI is InChI=1S/C21H20As2F3NO2/c22-17-9-4-10-18(19(17)23)29-12-11-27(20(28)21(24,25)26)13-15-7-3-6-14-5-1-2-8-16(14)15/h1-10H,11-13,22-23H2. The second kappa shape index (κ2) is 9.28. The third-order valence-electron chi connectivity index (χ3n) is 4.49. The van der Waals surface area contributed by atoms with Crippen LogP contribution < -0.4 is 13.4 Å². The van der Waals surface area contributed by atoms with Crippen LogP contribution in [0.4, 0.5) is 13.2 Å². The molecule has 8 heteroatoms. The molecule has 1 amide bonds. The summed E-state index contributed by atoms with van der Waals surface area (Å²) in [5.41, 5.74) is 0.665. The Kier molecular flexibility index (Phi) is 6.97. The molecule has 152 valence electrons. The van der Waals surface area contributed by atoms with Gasteiger partial charge in [-0.05, 0) is 0 Å². The van der Waals surface area contributed by atoms with Crippen molar-refractivity contribution in [3.8, 4) is 5.75 Å². The number of carbonyl (C=O) groups is 1. The summed E-state index contributed by atoms with van der Waals surface area (Å²) in [7, 11) is 0. The van der Waals surface area contributed by atoms with Crippen LogP contribution in [0.1, 0.15) is 5.56 Å². The number of ether oxygens (including phenoxy) is 1. The molecular formula is C21H20As2F3NO2. The van der Waals surface area contributed by atoms with Crippen molar-refractivity contribution in [1.29, 1.82) is 0 Å². The van der Waals surface area contributed by atoms with E-state index in [-0.39, 0.29) is 19.7 Å². The predicted molar refractivity (Wildman–Crippen MR) is 114 cm³/mol. The van der Waals surface area contributed by atoms with Gasteiger partial charge in [-0.3, -0.25) is 0 Å². The van der Waals surface area contributed by atoms with Crippen LogP contribution in [-0.2, 0) is 11.3 Å². The second-order valence-corrected chi connectivity index (χ2v) is 8.99. The number of benzene rings is 3. The van der Waals surface area contributed by atoms with Crippen molar-refractivity contribution in [2.24, 2.45) is 0 Å². The van der Waals surface area contributed by atoms with Crippen LogP contribution in [0.5, 0.6) is 5.75 Å². The van der Waals surface area contributed by atoms with E-state index in [1.165, 1.54) is 33.7 Å². The van der Waals surface area contributed by atoms with Crippen LogP contribution in [0, 0.1) is 0 Å². The molecule has 0 bridgehead atoms. The summed E-state index contributed by atoms with van der Waals surface area (Å²) in [6.07, 6.45) is -4.94. The van der Waals surface area contributed by atoms with Crippen molar-refractivity contribution < 1.29 is 22.7 Å². The summed E-state index contributed by atoms with van der Waals surface area (Å²) in [6, 6.07) is 18.5. The van der Waals surface area contributed by atoms with E-state index in [9.17, 15) is 18.0 Å². The number of fused-ring (bicyclic) bond motifs is 1. The van der Waals surface area contributed by atoms with Gasteiger partial charge in [-0.1, -0.05) is 0 Å². The Morgan fingerprint density at radius 2 is 1.66 bits per heavy atom. The molecule has 0 aromatic heterocycles. The molecule has 0 aliphatic heterocycles. The molecular weight excluding hydrogens is 505 g/mol. The average Bonchev–Trinajstić information content (AvgIpc) is 2.69. The number of hydrogen-bond donors (Lipinski definition) is 0. The first-order chi connectivity index (χ1) is 13.8. The van der Waals surface area contributed by atoms with Crippen LogP contribution in [0.25, 0.3) is 10.8 Å². The number of nitrogens with zero attached hydrogens (tertiary/aromatic N) is 1. The fourth-order valence-corrected chi connectivity index (χ4v) is 4.13. The normalized spacial score (nSPS) is 11.5. The quantitative estimate of drug-likeness (QED) is 0.455. The van der Waals surface area contributed by atoms with Crippen LogP contribution >= 0.6 is 0 Å². The van der Waals surface area contributed by atoms with Crippen LogP contribution in [0.15, 0.2) is 60.7 Å². The van der Waals surface area contributed by atoms with Crippen LogP contribution in [-0.4, -0.2) is 63.8 Å². The molecule has 0 heterocycles. The first-order valence-electron chi connectivity index (χ1n) is 8.87. The number of carbonyl (C=O) groups excluding carboxylic acids is 1. The van der Waals surface area contributed by atoms with E-state index < -0.39 is 12.1 Å². The molecule has 0 fully saturated rings. The number of rotatable bonds is 6. The SMILES string of the molecule is O=C(N(CCOc1cccc([AsH2])c1[AsH2])Cc1cccc2ccccc12)C(F)(F)F. The number of alkyl halides is 3. The molecule has 3 nitrogen and oxygen atoms in total. The predicted octanol–water partition coefficient (Wildman–Crippen LogP) is 1.33. The third-order valence-corrected chi connectivity index (χ3v) is 8.31. The van der Waals surface area contributed by atoms with Gasteiger partial charge in [0.2, 0.25) is 0 Å². The van der Waals surface area contributed by atoms with Gasteiger partial charge in [0.1, 0.15) is 0 Å². The van der Waals surface area contributed by atoms with Gasteiger partial charge < -0.3 is 0 Å². The molecule has 3 aromatic rings. The molecule has 0 aliphatic carbocycles. The zero-order valence-corrected chi connectivity index (χ0v) is 20.3. The molecule has 0 saturated heterocycles. The zero-order chi connectivity index (χ0) is 21.0. The summed E-state index contributed by atoms with van der Waals surface area (Å²) in [4.78, 5) is 12.8. The van der Waals surface area contributed by atoms with Crippen LogP contribution in [0.2, 0.25) is 0 Å². The second-order valence-electron chi connectivity index (χ2n) is 6.47. The molecule has 0 spiro atoms. The van der Waals surface area contributed by atoms with Crippen molar-refractivity contribution in [1.82, 2.24) is 4.90 Å². The number of hydrogen-bond acceptors (Lipinski definition) is 2. The van der Waals surface area contributed by atoms with Gasteiger partial charge in [-0.15, -0.1) is 0 Å². The minimum absolute atomic E-state index is 0.0139. The van der Waals surface area contributed by atoms with Gasteiger partial charge in [0.05, 0.1) is 0 Å². The molecule has 2 unspecified atom stereocenters. The van der Waals surface area contributed by atoms with Crippen LogP contribution in [0.3, 0.4) is 0 Å². The van der Waals surface area contributed by atoms with E-state index in [4.69, 9.17) is 4.74 Å². The zero-order valence-electron chi connectivity index (χ0n) is 15.4. The Morgan fingerprint density at radius 1 is 0.966 bits per heavy atom. The fraction of sp³-hybridized carbons (Fsp3) is 0.190. The van der Waals surface area contributed by atoms with E-state index in [0.717, 1.165) is 24.4 Å². The Labute approximate surface area is 184 Å². The maximum absolute atomic E-state index is 13.2. The first kappa shape index (κ1) is 21.8. The summed E-state index contributed by atoms with van der Waals surface area (Å²) < 4.78 is 47.3. The van der Waals surface area contributed by atoms with E-state index in [2.05, 4.69) is 0 Å². The topological polar surface area (TPSA) is 29.5 Å². The van der Waals surface area contributed by atoms with E-state index in [1.54, 1.807) is 18.2 Å². The monoisotopic (exact) mass is 525 g/mol. The van der Waals surface area contributed by atoms with E-state index >= 15 is 0 Å². The number of halogens is 3. The van der Waals surface area contributed by atoms with Gasteiger partial charge in [-0.25, -0.2) is 0 Å². The Balaban J connectivity index is 1.79. The molecule has 3 rings (SSSR count). The van der Waals surface area contributed by atoms with Gasteiger partial charge in [-0.2, -0.15) is 0 Å². The Bertz CT molecular complexity index is 1020. The minimum atomic E-state index is -4.94. The van der Waals surface area contributed by atoms with Gasteiger partial charge in [0.15, 0.2) is 0 Å². The number of amides is 1. The summed E-state index contributed by atoms with van der Waals surface area (Å²) >= 11 is 2.86. The van der Waals surface area contributed by atoms with Crippen molar-refractivity contribution in [3.63, 3.8) is 0 Å². The summed E-state index contributed by atoms with van der Waals surface area (Å²) in [5, 5.41) is 1.75. The first-order valence-corrected chi connectivity index (χ1v) is 11.3. The van der Waals surface area contributed by atoms with Crippen molar-refractivity contribution in [2.75, 3.05) is 13.2 Å². The Hall–Kier alpha value is -1.90. The van der Waals surface area contributed by atoms with Gasteiger partial charge in [0.25, 0.3) is 0 Å². The summed E-state index contributed by atoms with van der Waals surface area (Å²) in [5.74, 6) is -1.21. The third kappa shape index (κ3) is 5.37. The van der Waals surface area contributed by atoms with Crippen molar-refractivity contribution in [2.45, 2.75) is 12.7 Å². The van der Waals surface area contributed by atoms with Crippen molar-refractivity contribution >= 4 is 59.1 Å². The molecule has 29 heavy (non-hydrogen) atoms. The molecule has 0 radical (unpaired) electrons. The Morgan fingerprint density at radius 3 is 2.41 bits per heavy atom. The molecule has 3 aromatic carbocycles. The van der Waals surface area contributed by atoms with Gasteiger partial charge >= 0.3 is 185 Å². The fourth-order valence-electron chi connectivity index (χ4n) is 3.02. The molecule has 0 saturated carbocycles. The molecule has 0 N–H and O–H groups in total. The maximum atomic E-state index is 13.2. The van der Waals surface area contributed by atoms with Crippen molar-refractivity contribution in [3.05, 3.63) is 66.2 Å². The molecule has 0 aliphatic rings. The average molecular weight is 525 g/mol. The van der Waals surface area contributed by atoms with Gasteiger partial charge in [0, 0.05) is 0 Å². The molecule has 2 atom stereocenters. The van der Waals surface area contributed by atoms with E-state index in [0.29, 0.717) is 11.3 Å².